The third-order valence-corrected chi connectivity index (χ3v) is 4.07. The van der Waals surface area contributed by atoms with E-state index in [1.54, 1.807) is 24.4 Å². The standard InChI is InChI=1S/C16H19F2N3O3S/c1-2-23-14(22)13-10-25-16(20-13)21(8-7-19)9-11-3-5-12(6-4-11)24-15(17)18/h3-6,10,15H,2,7-9,19H2,1H3. The van der Waals surface area contributed by atoms with Gasteiger partial charge in [0.2, 0.25) is 0 Å². The number of carbonyl (C=O) groups is 1. The highest BCUT2D eigenvalue weighted by Gasteiger charge is 2.16. The molecule has 2 rings (SSSR count). The van der Waals surface area contributed by atoms with Gasteiger partial charge in [-0.25, -0.2) is 9.78 Å². The van der Waals surface area contributed by atoms with Gasteiger partial charge in [-0.2, -0.15) is 8.78 Å². The molecule has 136 valence electrons. The Bertz CT molecular complexity index is 680. The predicted octanol–water partition coefficient (Wildman–Crippen LogP) is 2.89. The molecule has 0 unspecified atom stereocenters. The molecule has 0 amide bonds. The number of aromatic nitrogens is 1. The number of thiazole rings is 1. The Morgan fingerprint density at radius 2 is 2.08 bits per heavy atom. The zero-order chi connectivity index (χ0) is 18.2. The smallest absolute Gasteiger partial charge is 0.387 e. The minimum Gasteiger partial charge on any atom is -0.461 e. The maximum atomic E-state index is 12.2. The molecule has 2 N–H and O–H groups in total. The van der Waals surface area contributed by atoms with Crippen molar-refractivity contribution in [2.75, 3.05) is 24.6 Å². The normalized spacial score (nSPS) is 10.8. The molecule has 0 fully saturated rings. The second kappa shape index (κ2) is 9.28. The summed E-state index contributed by atoms with van der Waals surface area (Å²) in [5.41, 5.74) is 6.79. The molecule has 1 aromatic heterocycles. The van der Waals surface area contributed by atoms with E-state index in [1.165, 1.54) is 23.5 Å². The van der Waals surface area contributed by atoms with Gasteiger partial charge >= 0.3 is 12.6 Å². The summed E-state index contributed by atoms with van der Waals surface area (Å²) in [6.07, 6.45) is 0. The maximum absolute atomic E-state index is 12.2. The summed E-state index contributed by atoms with van der Waals surface area (Å²) in [5, 5.41) is 2.28. The molecule has 1 heterocycles. The first-order valence-corrected chi connectivity index (χ1v) is 8.52. The largest absolute Gasteiger partial charge is 0.461 e. The number of rotatable bonds is 9. The fourth-order valence-corrected chi connectivity index (χ4v) is 2.93. The molecule has 0 radical (unpaired) electrons. The molecule has 0 spiro atoms. The van der Waals surface area contributed by atoms with Crippen LogP contribution in [0.5, 0.6) is 5.75 Å². The monoisotopic (exact) mass is 371 g/mol. The van der Waals surface area contributed by atoms with Gasteiger partial charge in [-0.15, -0.1) is 11.3 Å². The number of hydrogen-bond acceptors (Lipinski definition) is 7. The number of carbonyl (C=O) groups excluding carboxylic acids is 1. The fraction of sp³-hybridized carbons (Fsp3) is 0.375. The molecule has 6 nitrogen and oxygen atoms in total. The highest BCUT2D eigenvalue weighted by molar-refractivity contribution is 7.13. The average Bonchev–Trinajstić information content (AvgIpc) is 3.06. The Labute approximate surface area is 148 Å². The van der Waals surface area contributed by atoms with Crippen LogP contribution in [0.4, 0.5) is 13.9 Å². The summed E-state index contributed by atoms with van der Waals surface area (Å²) in [6, 6.07) is 6.35. The van der Waals surface area contributed by atoms with Crippen LogP contribution in [0.15, 0.2) is 29.6 Å². The van der Waals surface area contributed by atoms with E-state index < -0.39 is 12.6 Å². The van der Waals surface area contributed by atoms with Crippen LogP contribution in [-0.2, 0) is 11.3 Å². The Morgan fingerprint density at radius 3 is 2.68 bits per heavy atom. The van der Waals surface area contributed by atoms with Gasteiger partial charge in [0.1, 0.15) is 5.75 Å². The van der Waals surface area contributed by atoms with E-state index >= 15 is 0 Å². The molecule has 1 aromatic carbocycles. The van der Waals surface area contributed by atoms with E-state index in [9.17, 15) is 13.6 Å². The number of halogens is 2. The van der Waals surface area contributed by atoms with Crippen LogP contribution in [-0.4, -0.2) is 37.3 Å². The van der Waals surface area contributed by atoms with Crippen molar-refractivity contribution in [1.29, 1.82) is 0 Å². The van der Waals surface area contributed by atoms with Gasteiger partial charge in [-0.1, -0.05) is 12.1 Å². The van der Waals surface area contributed by atoms with E-state index in [0.29, 0.717) is 24.8 Å². The van der Waals surface area contributed by atoms with Gasteiger partial charge < -0.3 is 20.1 Å². The highest BCUT2D eigenvalue weighted by Crippen LogP contribution is 2.23. The third kappa shape index (κ3) is 5.64. The molecule has 0 aliphatic carbocycles. The third-order valence-electron chi connectivity index (χ3n) is 3.17. The summed E-state index contributed by atoms with van der Waals surface area (Å²) < 4.78 is 33.6. The van der Waals surface area contributed by atoms with Crippen molar-refractivity contribution < 1.29 is 23.0 Å². The van der Waals surface area contributed by atoms with E-state index in [4.69, 9.17) is 10.5 Å². The lowest BCUT2D eigenvalue weighted by Crippen LogP contribution is -2.29. The summed E-state index contributed by atoms with van der Waals surface area (Å²) in [6.45, 7) is 0.572. The maximum Gasteiger partial charge on any atom is 0.387 e. The number of ether oxygens (including phenoxy) is 2. The molecule has 2 aromatic rings. The molecular formula is C16H19F2N3O3S. The van der Waals surface area contributed by atoms with Gasteiger partial charge in [-0.05, 0) is 24.6 Å². The van der Waals surface area contributed by atoms with Crippen LogP contribution in [0.3, 0.4) is 0 Å². The number of nitrogens with two attached hydrogens (primary N) is 1. The molecule has 0 saturated carbocycles. The summed E-state index contributed by atoms with van der Waals surface area (Å²) in [7, 11) is 0. The van der Waals surface area contributed by atoms with Gasteiger partial charge in [0.25, 0.3) is 0 Å². The zero-order valence-corrected chi connectivity index (χ0v) is 14.5. The minimum atomic E-state index is -2.85. The summed E-state index contributed by atoms with van der Waals surface area (Å²) in [4.78, 5) is 17.9. The van der Waals surface area contributed by atoms with Crippen LogP contribution in [0.2, 0.25) is 0 Å². The zero-order valence-electron chi connectivity index (χ0n) is 13.7. The number of benzene rings is 1. The summed E-state index contributed by atoms with van der Waals surface area (Å²) in [5.74, 6) is -0.367. The second-order valence-corrected chi connectivity index (χ2v) is 5.81. The Morgan fingerprint density at radius 1 is 1.36 bits per heavy atom. The number of nitrogens with zero attached hydrogens (tertiary/aromatic N) is 2. The highest BCUT2D eigenvalue weighted by atomic mass is 32.1. The molecule has 0 aliphatic heterocycles. The van der Waals surface area contributed by atoms with Crippen molar-refractivity contribution in [3.63, 3.8) is 0 Å². The van der Waals surface area contributed by atoms with Crippen molar-refractivity contribution in [2.45, 2.75) is 20.1 Å². The topological polar surface area (TPSA) is 77.7 Å². The van der Waals surface area contributed by atoms with E-state index in [1.807, 2.05) is 4.90 Å². The molecule has 0 saturated heterocycles. The first-order valence-electron chi connectivity index (χ1n) is 7.65. The summed E-state index contributed by atoms with van der Waals surface area (Å²) >= 11 is 1.32. The van der Waals surface area contributed by atoms with Crippen molar-refractivity contribution in [3.05, 3.63) is 40.9 Å². The second-order valence-electron chi connectivity index (χ2n) is 4.97. The number of alkyl halides is 2. The van der Waals surface area contributed by atoms with Crippen LogP contribution >= 0.6 is 11.3 Å². The predicted molar refractivity (Wildman–Crippen MR) is 91.2 cm³/mol. The van der Waals surface area contributed by atoms with E-state index in [0.717, 1.165) is 5.56 Å². The van der Waals surface area contributed by atoms with Crippen molar-refractivity contribution >= 4 is 22.4 Å². The first-order chi connectivity index (χ1) is 12.0. The molecule has 25 heavy (non-hydrogen) atoms. The quantitative estimate of drug-likeness (QED) is 0.683. The van der Waals surface area contributed by atoms with Crippen molar-refractivity contribution in [3.8, 4) is 5.75 Å². The first kappa shape index (κ1) is 19.1. The van der Waals surface area contributed by atoms with E-state index in [-0.39, 0.29) is 18.1 Å². The fourth-order valence-electron chi connectivity index (χ4n) is 2.10. The lowest BCUT2D eigenvalue weighted by molar-refractivity contribution is -0.0498. The molecule has 9 heteroatoms. The lowest BCUT2D eigenvalue weighted by Gasteiger charge is -2.21. The van der Waals surface area contributed by atoms with Gasteiger partial charge in [0.15, 0.2) is 10.8 Å². The van der Waals surface area contributed by atoms with Crippen molar-refractivity contribution in [1.82, 2.24) is 4.98 Å². The Kier molecular flexibility index (Phi) is 7.08. The molecule has 0 bridgehead atoms. The van der Waals surface area contributed by atoms with Gasteiger partial charge in [0.05, 0.1) is 6.61 Å². The van der Waals surface area contributed by atoms with Crippen LogP contribution in [0, 0.1) is 0 Å². The van der Waals surface area contributed by atoms with Crippen LogP contribution in [0.25, 0.3) is 0 Å². The van der Waals surface area contributed by atoms with Crippen LogP contribution < -0.4 is 15.4 Å². The average molecular weight is 371 g/mol. The molecule has 0 aliphatic rings. The van der Waals surface area contributed by atoms with Crippen molar-refractivity contribution in [2.24, 2.45) is 5.73 Å². The molecule has 0 atom stereocenters. The Hall–Kier alpha value is -2.26. The molecular weight excluding hydrogens is 352 g/mol. The number of hydrogen-bond donors (Lipinski definition) is 1. The Balaban J connectivity index is 2.09. The SMILES string of the molecule is CCOC(=O)c1csc(N(CCN)Cc2ccc(OC(F)F)cc2)n1. The number of esters is 1. The van der Waals surface area contributed by atoms with Crippen LogP contribution in [0.1, 0.15) is 23.0 Å². The minimum absolute atomic E-state index is 0.1000. The lowest BCUT2D eigenvalue weighted by atomic mass is 10.2. The van der Waals surface area contributed by atoms with Gasteiger partial charge in [0, 0.05) is 25.0 Å². The number of anilines is 1. The van der Waals surface area contributed by atoms with E-state index in [2.05, 4.69) is 9.72 Å². The van der Waals surface area contributed by atoms with Gasteiger partial charge in [-0.3, -0.25) is 0 Å².